The van der Waals surface area contributed by atoms with Gasteiger partial charge in [0.1, 0.15) is 11.5 Å². The fourth-order valence-corrected chi connectivity index (χ4v) is 1.59. The number of pyridine rings is 1. The van der Waals surface area contributed by atoms with E-state index in [1.807, 2.05) is 13.0 Å². The third-order valence-corrected chi connectivity index (χ3v) is 2.59. The molecular formula is C14H15N3O2. The van der Waals surface area contributed by atoms with Crippen molar-refractivity contribution in [2.24, 2.45) is 0 Å². The molecule has 3 N–H and O–H groups in total. The van der Waals surface area contributed by atoms with Crippen LogP contribution in [0.2, 0.25) is 0 Å². The minimum Gasteiger partial charge on any atom is -0.455 e. The lowest BCUT2D eigenvalue weighted by molar-refractivity contribution is 0.0961. The Morgan fingerprint density at radius 3 is 2.74 bits per heavy atom. The number of nitrogens with two attached hydrogens (primary N) is 1. The first kappa shape index (κ1) is 12.9. The topological polar surface area (TPSA) is 77.2 Å². The summed E-state index contributed by atoms with van der Waals surface area (Å²) < 4.78 is 5.66. The second kappa shape index (κ2) is 5.39. The second-order valence-corrected chi connectivity index (χ2v) is 4.07. The first-order chi connectivity index (χ1) is 9.10. The van der Waals surface area contributed by atoms with Gasteiger partial charge in [-0.15, -0.1) is 0 Å². The number of aromatic nitrogens is 1. The molecule has 1 heterocycles. The number of benzene rings is 1. The van der Waals surface area contributed by atoms with Crippen LogP contribution in [0.5, 0.6) is 11.5 Å². The van der Waals surface area contributed by atoms with Crippen LogP contribution in [0.4, 0.5) is 5.69 Å². The van der Waals surface area contributed by atoms with Crippen LogP contribution in [0.25, 0.3) is 0 Å². The molecule has 98 valence electrons. The molecule has 1 aromatic heterocycles. The zero-order chi connectivity index (χ0) is 13.8. The van der Waals surface area contributed by atoms with Crippen molar-refractivity contribution in [2.75, 3.05) is 12.8 Å². The van der Waals surface area contributed by atoms with Gasteiger partial charge in [0.2, 0.25) is 0 Å². The SMILES string of the molecule is CNC(=O)c1ccc(N)cc1Oc1ccc(C)nc1. The Morgan fingerprint density at radius 2 is 2.11 bits per heavy atom. The van der Waals surface area contributed by atoms with E-state index in [9.17, 15) is 4.79 Å². The van der Waals surface area contributed by atoms with Gasteiger partial charge >= 0.3 is 0 Å². The Morgan fingerprint density at radius 1 is 1.32 bits per heavy atom. The largest absolute Gasteiger partial charge is 0.455 e. The van der Waals surface area contributed by atoms with E-state index >= 15 is 0 Å². The van der Waals surface area contributed by atoms with Crippen LogP contribution in [-0.4, -0.2) is 17.9 Å². The molecule has 0 radical (unpaired) electrons. The molecule has 5 nitrogen and oxygen atoms in total. The van der Waals surface area contributed by atoms with Crippen LogP contribution in [0, 0.1) is 6.92 Å². The first-order valence-corrected chi connectivity index (χ1v) is 5.82. The summed E-state index contributed by atoms with van der Waals surface area (Å²) in [6.07, 6.45) is 1.60. The number of nitrogens with one attached hydrogen (secondary N) is 1. The molecule has 0 aliphatic rings. The van der Waals surface area contributed by atoms with Crippen LogP contribution >= 0.6 is 0 Å². The van der Waals surface area contributed by atoms with E-state index in [0.717, 1.165) is 5.69 Å². The standard InChI is InChI=1S/C14H15N3O2/c1-9-3-5-11(8-17-9)19-13-7-10(15)4-6-12(13)14(18)16-2/h3-8H,15H2,1-2H3,(H,16,18). The lowest BCUT2D eigenvalue weighted by Crippen LogP contribution is -2.18. The predicted molar refractivity (Wildman–Crippen MR) is 73.3 cm³/mol. The fraction of sp³-hybridized carbons (Fsp3) is 0.143. The van der Waals surface area contributed by atoms with Crippen LogP contribution < -0.4 is 15.8 Å². The highest BCUT2D eigenvalue weighted by molar-refractivity contribution is 5.97. The van der Waals surface area contributed by atoms with Crippen LogP contribution in [0.3, 0.4) is 0 Å². The zero-order valence-electron chi connectivity index (χ0n) is 10.8. The molecule has 2 rings (SSSR count). The zero-order valence-corrected chi connectivity index (χ0v) is 10.8. The van der Waals surface area contributed by atoms with Crippen molar-refractivity contribution in [2.45, 2.75) is 6.92 Å². The van der Waals surface area contributed by atoms with Gasteiger partial charge in [0.05, 0.1) is 11.8 Å². The van der Waals surface area contributed by atoms with Crippen LogP contribution in [-0.2, 0) is 0 Å². The van der Waals surface area contributed by atoms with E-state index in [4.69, 9.17) is 10.5 Å². The summed E-state index contributed by atoms with van der Waals surface area (Å²) in [5, 5.41) is 2.56. The number of hydrogen-bond acceptors (Lipinski definition) is 4. The van der Waals surface area contributed by atoms with Gasteiger partial charge < -0.3 is 15.8 Å². The Hall–Kier alpha value is -2.56. The van der Waals surface area contributed by atoms with Gasteiger partial charge in [-0.05, 0) is 31.2 Å². The van der Waals surface area contributed by atoms with Crippen molar-refractivity contribution >= 4 is 11.6 Å². The van der Waals surface area contributed by atoms with Crippen molar-refractivity contribution in [3.63, 3.8) is 0 Å². The van der Waals surface area contributed by atoms with E-state index in [-0.39, 0.29) is 5.91 Å². The van der Waals surface area contributed by atoms with Gasteiger partial charge in [0, 0.05) is 24.5 Å². The average molecular weight is 257 g/mol. The third-order valence-electron chi connectivity index (χ3n) is 2.59. The molecular weight excluding hydrogens is 242 g/mol. The highest BCUT2D eigenvalue weighted by atomic mass is 16.5. The maximum Gasteiger partial charge on any atom is 0.254 e. The molecule has 0 aliphatic heterocycles. The van der Waals surface area contributed by atoms with Gasteiger partial charge in [0.15, 0.2) is 0 Å². The van der Waals surface area contributed by atoms with Crippen molar-refractivity contribution < 1.29 is 9.53 Å². The van der Waals surface area contributed by atoms with Gasteiger partial charge in [-0.25, -0.2) is 0 Å². The summed E-state index contributed by atoms with van der Waals surface area (Å²) in [6, 6.07) is 8.53. The molecule has 0 saturated carbocycles. The molecule has 2 aromatic rings. The minimum absolute atomic E-state index is 0.227. The summed E-state index contributed by atoms with van der Waals surface area (Å²) >= 11 is 0. The average Bonchev–Trinajstić information content (AvgIpc) is 2.41. The summed E-state index contributed by atoms with van der Waals surface area (Å²) in [4.78, 5) is 15.9. The predicted octanol–water partition coefficient (Wildman–Crippen LogP) is 2.12. The molecule has 0 saturated heterocycles. The number of hydrogen-bond donors (Lipinski definition) is 2. The number of rotatable bonds is 3. The van der Waals surface area contributed by atoms with E-state index in [1.165, 1.54) is 0 Å². The number of aryl methyl sites for hydroxylation is 1. The summed E-state index contributed by atoms with van der Waals surface area (Å²) in [6.45, 7) is 1.89. The molecule has 1 amide bonds. The van der Waals surface area contributed by atoms with E-state index in [2.05, 4.69) is 10.3 Å². The van der Waals surface area contributed by atoms with Crippen molar-refractivity contribution in [1.29, 1.82) is 0 Å². The monoisotopic (exact) mass is 257 g/mol. The van der Waals surface area contributed by atoms with Crippen molar-refractivity contribution in [1.82, 2.24) is 10.3 Å². The van der Waals surface area contributed by atoms with Gasteiger partial charge in [-0.3, -0.25) is 9.78 Å². The van der Waals surface area contributed by atoms with Gasteiger partial charge in [-0.1, -0.05) is 0 Å². The Bertz CT molecular complexity index is 594. The minimum atomic E-state index is -0.227. The summed E-state index contributed by atoms with van der Waals surface area (Å²) in [5.74, 6) is 0.737. The quantitative estimate of drug-likeness (QED) is 0.826. The lowest BCUT2D eigenvalue weighted by atomic mass is 10.1. The van der Waals surface area contributed by atoms with E-state index < -0.39 is 0 Å². The second-order valence-electron chi connectivity index (χ2n) is 4.07. The summed E-state index contributed by atoms with van der Waals surface area (Å²) in [7, 11) is 1.57. The highest BCUT2D eigenvalue weighted by Crippen LogP contribution is 2.27. The number of amides is 1. The Labute approximate surface area is 111 Å². The number of nitrogens with zero attached hydrogens (tertiary/aromatic N) is 1. The maximum absolute atomic E-state index is 11.7. The maximum atomic E-state index is 11.7. The first-order valence-electron chi connectivity index (χ1n) is 5.82. The molecule has 0 spiro atoms. The molecule has 19 heavy (non-hydrogen) atoms. The normalized spacial score (nSPS) is 10.0. The van der Waals surface area contributed by atoms with Crippen LogP contribution in [0.15, 0.2) is 36.5 Å². The van der Waals surface area contributed by atoms with Gasteiger partial charge in [0.25, 0.3) is 5.91 Å². The molecule has 0 atom stereocenters. The molecule has 5 heteroatoms. The Kier molecular flexibility index (Phi) is 3.66. The van der Waals surface area contributed by atoms with Gasteiger partial charge in [-0.2, -0.15) is 0 Å². The summed E-state index contributed by atoms with van der Waals surface area (Å²) in [5.41, 5.74) is 7.57. The smallest absolute Gasteiger partial charge is 0.254 e. The van der Waals surface area contributed by atoms with E-state index in [0.29, 0.717) is 22.7 Å². The molecule has 0 bridgehead atoms. The number of anilines is 1. The number of carbonyl (C=O) groups excluding carboxylic acids is 1. The number of nitrogen functional groups attached to an aromatic ring is 1. The number of ether oxygens (including phenoxy) is 1. The van der Waals surface area contributed by atoms with E-state index in [1.54, 1.807) is 37.5 Å². The van der Waals surface area contributed by atoms with Crippen molar-refractivity contribution in [3.05, 3.63) is 47.8 Å². The Balaban J connectivity index is 2.35. The van der Waals surface area contributed by atoms with Crippen molar-refractivity contribution in [3.8, 4) is 11.5 Å². The number of carbonyl (C=O) groups is 1. The molecule has 0 aliphatic carbocycles. The molecule has 0 fully saturated rings. The lowest BCUT2D eigenvalue weighted by Gasteiger charge is -2.11. The highest BCUT2D eigenvalue weighted by Gasteiger charge is 2.12. The fourth-order valence-electron chi connectivity index (χ4n) is 1.59. The van der Waals surface area contributed by atoms with Crippen LogP contribution in [0.1, 0.15) is 16.1 Å². The molecule has 0 unspecified atom stereocenters. The third kappa shape index (κ3) is 3.01. The molecule has 1 aromatic carbocycles.